The molecule has 0 bridgehead atoms. The Bertz CT molecular complexity index is 755. The minimum atomic E-state index is -0.477. The second kappa shape index (κ2) is 6.07. The molecule has 1 aliphatic rings. The molecule has 0 unspecified atom stereocenters. The molecule has 1 aromatic heterocycles. The summed E-state index contributed by atoms with van der Waals surface area (Å²) in [6, 6.07) is 4.98. The minimum absolute atomic E-state index is 0.254. The molecule has 24 heavy (non-hydrogen) atoms. The fraction of sp³-hybridized carbons (Fsp3) is 0.556. The Morgan fingerprint density at radius 1 is 1.29 bits per heavy atom. The lowest BCUT2D eigenvalue weighted by atomic mass is 10.0. The van der Waals surface area contributed by atoms with Gasteiger partial charge in [0.05, 0.1) is 11.0 Å². The summed E-state index contributed by atoms with van der Waals surface area (Å²) in [7, 11) is 0. The maximum Gasteiger partial charge on any atom is 0.410 e. The maximum atomic E-state index is 13.4. The Hall–Kier alpha value is -2.11. The van der Waals surface area contributed by atoms with E-state index in [2.05, 4.69) is 9.55 Å². The van der Waals surface area contributed by atoms with Crippen LogP contribution < -0.4 is 0 Å². The predicted octanol–water partition coefficient (Wildman–Crippen LogP) is 4.06. The number of aryl methyl sites for hydroxylation is 1. The molecule has 0 N–H and O–H groups in total. The summed E-state index contributed by atoms with van der Waals surface area (Å²) in [5.74, 6) is 0.609. The van der Waals surface area contributed by atoms with Crippen LogP contribution in [0.2, 0.25) is 0 Å². The number of carbonyl (C=O) groups excluding carboxylic acids is 1. The Balaban J connectivity index is 1.73. The van der Waals surface area contributed by atoms with Crippen LogP contribution in [0.25, 0.3) is 11.0 Å². The zero-order valence-electron chi connectivity index (χ0n) is 14.7. The van der Waals surface area contributed by atoms with Crippen molar-refractivity contribution in [3.63, 3.8) is 0 Å². The van der Waals surface area contributed by atoms with Gasteiger partial charge in [-0.15, -0.1) is 0 Å². The number of hydrogen-bond donors (Lipinski definition) is 0. The fourth-order valence-electron chi connectivity index (χ4n) is 3.29. The number of fused-ring (bicyclic) bond motifs is 1. The normalized spacial score (nSPS) is 16.6. The Morgan fingerprint density at radius 2 is 1.96 bits per heavy atom. The Kier molecular flexibility index (Phi) is 4.24. The van der Waals surface area contributed by atoms with Crippen LogP contribution in [0.5, 0.6) is 0 Å². The average molecular weight is 333 g/mol. The highest BCUT2D eigenvalue weighted by molar-refractivity contribution is 5.76. The first kappa shape index (κ1) is 16.7. The fourth-order valence-corrected chi connectivity index (χ4v) is 3.29. The quantitative estimate of drug-likeness (QED) is 0.791. The smallest absolute Gasteiger partial charge is 0.410 e. The molecule has 1 amide bonds. The number of nitrogens with zero attached hydrogens (tertiary/aromatic N) is 3. The highest BCUT2D eigenvalue weighted by Gasteiger charge is 2.28. The van der Waals surface area contributed by atoms with Crippen LogP contribution in [0, 0.1) is 12.7 Å². The lowest BCUT2D eigenvalue weighted by Gasteiger charge is -2.34. The first-order valence-electron chi connectivity index (χ1n) is 8.36. The maximum absolute atomic E-state index is 13.4. The minimum Gasteiger partial charge on any atom is -0.444 e. The molecule has 3 rings (SSSR count). The van der Waals surface area contributed by atoms with Crippen molar-refractivity contribution in [2.45, 2.75) is 52.2 Å². The van der Waals surface area contributed by atoms with Gasteiger partial charge in [-0.2, -0.15) is 0 Å². The number of halogens is 1. The number of carbonyl (C=O) groups is 1. The first-order chi connectivity index (χ1) is 11.2. The number of rotatable bonds is 1. The molecule has 1 saturated heterocycles. The van der Waals surface area contributed by atoms with Crippen LogP contribution in [0.4, 0.5) is 9.18 Å². The van der Waals surface area contributed by atoms with E-state index in [1.165, 1.54) is 12.1 Å². The second-order valence-corrected chi connectivity index (χ2v) is 7.36. The van der Waals surface area contributed by atoms with E-state index in [1.54, 1.807) is 11.0 Å². The third kappa shape index (κ3) is 3.37. The third-order valence-corrected chi connectivity index (χ3v) is 4.31. The van der Waals surface area contributed by atoms with Gasteiger partial charge in [-0.3, -0.25) is 0 Å². The van der Waals surface area contributed by atoms with Gasteiger partial charge in [-0.1, -0.05) is 0 Å². The van der Waals surface area contributed by atoms with E-state index in [-0.39, 0.29) is 18.0 Å². The van der Waals surface area contributed by atoms with Crippen LogP contribution in [-0.2, 0) is 4.74 Å². The van der Waals surface area contributed by atoms with E-state index in [0.717, 1.165) is 24.2 Å². The lowest BCUT2D eigenvalue weighted by Crippen LogP contribution is -2.42. The van der Waals surface area contributed by atoms with E-state index >= 15 is 0 Å². The number of benzene rings is 1. The molecule has 2 heterocycles. The first-order valence-corrected chi connectivity index (χ1v) is 8.36. The summed E-state index contributed by atoms with van der Waals surface area (Å²) in [5, 5.41) is 0. The number of imidazole rings is 1. The highest BCUT2D eigenvalue weighted by Crippen LogP contribution is 2.29. The van der Waals surface area contributed by atoms with Crippen LogP contribution in [-0.4, -0.2) is 39.2 Å². The second-order valence-electron chi connectivity index (χ2n) is 7.36. The highest BCUT2D eigenvalue weighted by atomic mass is 19.1. The average Bonchev–Trinajstić information content (AvgIpc) is 2.80. The van der Waals surface area contributed by atoms with Crippen LogP contribution in [0.3, 0.4) is 0 Å². The molecular weight excluding hydrogens is 309 g/mol. The summed E-state index contributed by atoms with van der Waals surface area (Å²) in [5.41, 5.74) is 1.15. The van der Waals surface area contributed by atoms with Crippen molar-refractivity contribution in [2.24, 2.45) is 0 Å². The van der Waals surface area contributed by atoms with Crippen LogP contribution >= 0.6 is 0 Å². The van der Waals surface area contributed by atoms with Crippen molar-refractivity contribution in [3.8, 4) is 0 Å². The molecule has 2 aromatic rings. The van der Waals surface area contributed by atoms with E-state index in [0.29, 0.717) is 18.6 Å². The zero-order chi connectivity index (χ0) is 17.5. The number of amides is 1. The lowest BCUT2D eigenvalue weighted by molar-refractivity contribution is 0.0189. The number of hydrogen-bond acceptors (Lipinski definition) is 3. The van der Waals surface area contributed by atoms with Crippen molar-refractivity contribution in [3.05, 3.63) is 29.8 Å². The summed E-state index contributed by atoms with van der Waals surface area (Å²) in [4.78, 5) is 18.4. The Morgan fingerprint density at radius 3 is 2.58 bits per heavy atom. The van der Waals surface area contributed by atoms with Gasteiger partial charge in [0.2, 0.25) is 0 Å². The Labute approximate surface area is 141 Å². The van der Waals surface area contributed by atoms with Gasteiger partial charge in [0.1, 0.15) is 17.2 Å². The van der Waals surface area contributed by atoms with Gasteiger partial charge < -0.3 is 14.2 Å². The van der Waals surface area contributed by atoms with Gasteiger partial charge in [0, 0.05) is 25.2 Å². The molecule has 0 saturated carbocycles. The van der Waals surface area contributed by atoms with E-state index in [1.807, 2.05) is 27.7 Å². The largest absolute Gasteiger partial charge is 0.444 e. The molecule has 1 fully saturated rings. The van der Waals surface area contributed by atoms with Crippen molar-refractivity contribution < 1.29 is 13.9 Å². The number of ether oxygens (including phenoxy) is 1. The van der Waals surface area contributed by atoms with Crippen LogP contribution in [0.15, 0.2) is 18.2 Å². The molecule has 0 atom stereocenters. The summed E-state index contributed by atoms with van der Waals surface area (Å²) in [6.07, 6.45) is 1.42. The van der Waals surface area contributed by atoms with Crippen molar-refractivity contribution in [1.82, 2.24) is 14.5 Å². The van der Waals surface area contributed by atoms with Crippen molar-refractivity contribution >= 4 is 17.1 Å². The number of likely N-dealkylation sites (tertiary alicyclic amines) is 1. The van der Waals surface area contributed by atoms with Gasteiger partial charge >= 0.3 is 6.09 Å². The molecular formula is C18H24FN3O2. The monoisotopic (exact) mass is 333 g/mol. The van der Waals surface area contributed by atoms with Gasteiger partial charge in [-0.05, 0) is 52.7 Å². The zero-order valence-corrected chi connectivity index (χ0v) is 14.7. The predicted molar refractivity (Wildman–Crippen MR) is 90.5 cm³/mol. The standard InChI is InChI=1S/C18H24FN3O2/c1-12-20-15-11-13(19)5-6-16(15)22(12)14-7-9-21(10-8-14)17(23)24-18(2,3)4/h5-6,11,14H,7-10H2,1-4H3. The SMILES string of the molecule is Cc1nc2cc(F)ccc2n1C1CCN(C(=O)OC(C)(C)C)CC1. The molecule has 5 nitrogen and oxygen atoms in total. The summed E-state index contributed by atoms with van der Waals surface area (Å²) >= 11 is 0. The molecule has 6 heteroatoms. The third-order valence-electron chi connectivity index (χ3n) is 4.31. The van der Waals surface area contributed by atoms with Gasteiger partial charge in [-0.25, -0.2) is 14.2 Å². The molecule has 0 radical (unpaired) electrons. The van der Waals surface area contributed by atoms with Crippen molar-refractivity contribution in [2.75, 3.05) is 13.1 Å². The molecule has 0 aliphatic carbocycles. The van der Waals surface area contributed by atoms with E-state index < -0.39 is 5.60 Å². The van der Waals surface area contributed by atoms with Gasteiger partial charge in [0.25, 0.3) is 0 Å². The van der Waals surface area contributed by atoms with E-state index in [4.69, 9.17) is 4.74 Å². The molecule has 1 aromatic carbocycles. The summed E-state index contributed by atoms with van der Waals surface area (Å²) < 4.78 is 21.0. The van der Waals surface area contributed by atoms with E-state index in [9.17, 15) is 9.18 Å². The van der Waals surface area contributed by atoms with Crippen molar-refractivity contribution in [1.29, 1.82) is 0 Å². The summed E-state index contributed by atoms with van der Waals surface area (Å²) in [6.45, 7) is 8.87. The molecule has 130 valence electrons. The molecule has 1 aliphatic heterocycles. The number of aromatic nitrogens is 2. The molecule has 0 spiro atoms. The van der Waals surface area contributed by atoms with Crippen LogP contribution in [0.1, 0.15) is 45.5 Å². The topological polar surface area (TPSA) is 47.4 Å². The van der Waals surface area contributed by atoms with Gasteiger partial charge in [0.15, 0.2) is 0 Å². The number of piperidine rings is 1.